The molecule has 0 aliphatic rings. The molecule has 30 heavy (non-hydrogen) atoms. The Morgan fingerprint density at radius 2 is 1.67 bits per heavy atom. The van der Waals surface area contributed by atoms with Crippen molar-refractivity contribution in [2.45, 2.75) is 11.3 Å². The van der Waals surface area contributed by atoms with Gasteiger partial charge in [0.1, 0.15) is 5.69 Å². The van der Waals surface area contributed by atoms with Crippen molar-refractivity contribution < 1.29 is 22.9 Å². The molecule has 6 N–H and O–H groups in total. The molecule has 0 saturated heterocycles. The average molecular weight is 436 g/mol. The normalized spacial score (nSPS) is 10.7. The van der Waals surface area contributed by atoms with E-state index >= 15 is 0 Å². The first-order chi connectivity index (χ1) is 14.1. The molecule has 160 valence electrons. The SMILES string of the molecule is CNC(=O)Nc1ccc(NC(=O)CCNc2ccc(S(N)(=O)=O)cc2[N+](=O)[O-])cc1. The minimum atomic E-state index is -4.08. The first-order valence-corrected chi connectivity index (χ1v) is 10.1. The first-order valence-electron chi connectivity index (χ1n) is 8.54. The van der Waals surface area contributed by atoms with Gasteiger partial charge in [-0.25, -0.2) is 18.4 Å². The minimum absolute atomic E-state index is 0.00760. The van der Waals surface area contributed by atoms with E-state index in [1.807, 2.05) is 0 Å². The van der Waals surface area contributed by atoms with E-state index in [0.717, 1.165) is 12.1 Å². The summed E-state index contributed by atoms with van der Waals surface area (Å²) in [6.45, 7) is 0.0672. The highest BCUT2D eigenvalue weighted by Gasteiger charge is 2.19. The Bertz CT molecular complexity index is 1050. The van der Waals surface area contributed by atoms with Crippen molar-refractivity contribution >= 4 is 44.7 Å². The van der Waals surface area contributed by atoms with Crippen LogP contribution in [0.1, 0.15) is 6.42 Å². The van der Waals surface area contributed by atoms with E-state index in [1.165, 1.54) is 13.1 Å². The van der Waals surface area contributed by atoms with Gasteiger partial charge in [-0.05, 0) is 36.4 Å². The number of hydrogen-bond donors (Lipinski definition) is 5. The second-order valence-electron chi connectivity index (χ2n) is 5.99. The van der Waals surface area contributed by atoms with Crippen molar-refractivity contribution in [1.82, 2.24) is 5.32 Å². The van der Waals surface area contributed by atoms with E-state index in [4.69, 9.17) is 5.14 Å². The van der Waals surface area contributed by atoms with Crippen LogP contribution in [0.2, 0.25) is 0 Å². The molecule has 2 rings (SSSR count). The van der Waals surface area contributed by atoms with Crippen LogP contribution in [-0.4, -0.2) is 38.9 Å². The van der Waals surface area contributed by atoms with Crippen molar-refractivity contribution in [1.29, 1.82) is 0 Å². The highest BCUT2D eigenvalue weighted by atomic mass is 32.2. The van der Waals surface area contributed by atoms with Gasteiger partial charge in [-0.2, -0.15) is 0 Å². The van der Waals surface area contributed by atoms with Crippen molar-refractivity contribution in [2.75, 3.05) is 29.5 Å². The summed E-state index contributed by atoms with van der Waals surface area (Å²) >= 11 is 0. The van der Waals surface area contributed by atoms with Gasteiger partial charge in [0.15, 0.2) is 0 Å². The average Bonchev–Trinajstić information content (AvgIpc) is 2.68. The number of nitro benzene ring substituents is 1. The molecule has 0 bridgehead atoms. The second kappa shape index (κ2) is 9.67. The fraction of sp³-hybridized carbons (Fsp3) is 0.176. The summed E-state index contributed by atoms with van der Waals surface area (Å²) in [5.74, 6) is -0.349. The van der Waals surface area contributed by atoms with Gasteiger partial charge in [0.25, 0.3) is 5.69 Å². The molecule has 0 aliphatic carbocycles. The quantitative estimate of drug-likeness (QED) is 0.306. The number of primary sulfonamides is 1. The van der Waals surface area contributed by atoms with Gasteiger partial charge in [0.05, 0.1) is 9.82 Å². The Balaban J connectivity index is 1.93. The number of rotatable bonds is 8. The van der Waals surface area contributed by atoms with Crippen molar-refractivity contribution in [3.63, 3.8) is 0 Å². The van der Waals surface area contributed by atoms with Crippen molar-refractivity contribution in [3.8, 4) is 0 Å². The third kappa shape index (κ3) is 6.42. The number of nitro groups is 1. The zero-order valence-electron chi connectivity index (χ0n) is 15.8. The van der Waals surface area contributed by atoms with Crippen LogP contribution in [0.4, 0.5) is 27.5 Å². The smallest absolute Gasteiger partial charge is 0.318 e. The number of sulfonamides is 1. The van der Waals surface area contributed by atoms with E-state index in [9.17, 15) is 28.1 Å². The van der Waals surface area contributed by atoms with E-state index in [1.54, 1.807) is 24.3 Å². The third-order valence-corrected chi connectivity index (χ3v) is 4.73. The van der Waals surface area contributed by atoms with Crippen LogP contribution in [0, 0.1) is 10.1 Å². The van der Waals surface area contributed by atoms with E-state index in [0.29, 0.717) is 11.4 Å². The molecule has 0 atom stereocenters. The van der Waals surface area contributed by atoms with Crippen LogP contribution >= 0.6 is 0 Å². The Hall–Kier alpha value is -3.71. The standard InChI is InChI=1S/C17H20N6O6S/c1-19-17(25)22-12-4-2-11(3-5-12)21-16(24)8-9-20-14-7-6-13(30(18,28)29)10-15(14)23(26)27/h2-7,10,20H,8-9H2,1H3,(H,21,24)(H2,18,28,29)(H2,19,22,25). The van der Waals surface area contributed by atoms with Gasteiger partial charge in [0.2, 0.25) is 15.9 Å². The van der Waals surface area contributed by atoms with Crippen LogP contribution in [0.3, 0.4) is 0 Å². The maximum atomic E-state index is 12.1. The lowest BCUT2D eigenvalue weighted by Crippen LogP contribution is -2.24. The largest absolute Gasteiger partial charge is 0.379 e. The lowest BCUT2D eigenvalue weighted by molar-refractivity contribution is -0.384. The molecule has 0 radical (unpaired) electrons. The van der Waals surface area contributed by atoms with Crippen molar-refractivity contribution in [2.24, 2.45) is 5.14 Å². The highest BCUT2D eigenvalue weighted by Crippen LogP contribution is 2.27. The molecule has 0 fully saturated rings. The molecule has 12 nitrogen and oxygen atoms in total. The predicted octanol–water partition coefficient (Wildman–Crippen LogP) is 1.43. The lowest BCUT2D eigenvalue weighted by atomic mass is 10.2. The van der Waals surface area contributed by atoms with Gasteiger partial charge in [0, 0.05) is 37.5 Å². The molecule has 0 saturated carbocycles. The summed E-state index contributed by atoms with van der Waals surface area (Å²) in [5, 5.41) is 26.5. The van der Waals surface area contributed by atoms with Crippen molar-refractivity contribution in [3.05, 3.63) is 52.6 Å². The van der Waals surface area contributed by atoms with Crippen LogP contribution in [0.15, 0.2) is 47.4 Å². The lowest BCUT2D eigenvalue weighted by Gasteiger charge is -2.10. The molecular weight excluding hydrogens is 416 g/mol. The number of nitrogens with zero attached hydrogens (tertiary/aromatic N) is 1. The molecule has 3 amide bonds. The monoisotopic (exact) mass is 436 g/mol. The van der Waals surface area contributed by atoms with Gasteiger partial charge >= 0.3 is 6.03 Å². The van der Waals surface area contributed by atoms with E-state index in [-0.39, 0.29) is 35.5 Å². The Morgan fingerprint density at radius 3 is 2.20 bits per heavy atom. The molecule has 0 aliphatic heterocycles. The minimum Gasteiger partial charge on any atom is -0.379 e. The Labute approximate surface area is 172 Å². The molecule has 0 unspecified atom stereocenters. The molecule has 0 heterocycles. The number of carbonyl (C=O) groups is 2. The maximum Gasteiger partial charge on any atom is 0.318 e. The number of nitrogens with two attached hydrogens (primary N) is 1. The predicted molar refractivity (Wildman–Crippen MR) is 111 cm³/mol. The van der Waals surface area contributed by atoms with Gasteiger partial charge in [-0.15, -0.1) is 0 Å². The highest BCUT2D eigenvalue weighted by molar-refractivity contribution is 7.89. The maximum absolute atomic E-state index is 12.1. The Kier molecular flexibility index (Phi) is 7.27. The molecule has 2 aromatic carbocycles. The summed E-state index contributed by atoms with van der Waals surface area (Å²) in [6.07, 6.45) is -0.00760. The van der Waals surface area contributed by atoms with Crippen LogP contribution in [-0.2, 0) is 14.8 Å². The number of carbonyl (C=O) groups excluding carboxylic acids is 2. The van der Waals surface area contributed by atoms with E-state index in [2.05, 4.69) is 21.3 Å². The van der Waals surface area contributed by atoms with E-state index < -0.39 is 20.6 Å². The van der Waals surface area contributed by atoms with Crippen LogP contribution < -0.4 is 26.4 Å². The number of hydrogen-bond acceptors (Lipinski definition) is 7. The summed E-state index contributed by atoms with van der Waals surface area (Å²) in [6, 6.07) is 9.27. The first kappa shape index (κ1) is 22.6. The van der Waals surface area contributed by atoms with Crippen LogP contribution in [0.5, 0.6) is 0 Å². The molecule has 0 spiro atoms. The molecule has 0 aromatic heterocycles. The fourth-order valence-electron chi connectivity index (χ4n) is 2.35. The van der Waals surface area contributed by atoms with Gasteiger partial charge in [-0.3, -0.25) is 14.9 Å². The summed E-state index contributed by atoms with van der Waals surface area (Å²) in [4.78, 5) is 33.3. The summed E-state index contributed by atoms with van der Waals surface area (Å²) in [5.41, 5.74) is 0.640. The third-order valence-electron chi connectivity index (χ3n) is 3.82. The van der Waals surface area contributed by atoms with Crippen LogP contribution in [0.25, 0.3) is 0 Å². The Morgan fingerprint density at radius 1 is 1.07 bits per heavy atom. The number of urea groups is 1. The molecular formula is C17H20N6O6S. The van der Waals surface area contributed by atoms with Gasteiger partial charge < -0.3 is 21.3 Å². The number of amides is 3. The molecule has 2 aromatic rings. The number of anilines is 3. The summed E-state index contributed by atoms with van der Waals surface area (Å²) < 4.78 is 22.7. The zero-order valence-corrected chi connectivity index (χ0v) is 16.7. The zero-order chi connectivity index (χ0) is 22.3. The number of benzene rings is 2. The molecule has 13 heteroatoms. The summed E-state index contributed by atoms with van der Waals surface area (Å²) in [7, 11) is -2.59. The fourth-order valence-corrected chi connectivity index (χ4v) is 2.89. The van der Waals surface area contributed by atoms with Gasteiger partial charge in [-0.1, -0.05) is 0 Å². The number of nitrogens with one attached hydrogen (secondary N) is 4. The second-order valence-corrected chi connectivity index (χ2v) is 7.55. The topological polar surface area (TPSA) is 186 Å².